The third-order valence-electron chi connectivity index (χ3n) is 4.31. The van der Waals surface area contributed by atoms with Gasteiger partial charge in [-0.05, 0) is 36.8 Å². The van der Waals surface area contributed by atoms with Gasteiger partial charge in [0, 0.05) is 25.7 Å². The molecule has 0 unspecified atom stereocenters. The first-order valence-electron chi connectivity index (χ1n) is 7.88. The normalized spacial score (nSPS) is 18.4. The zero-order valence-electron chi connectivity index (χ0n) is 12.2. The fourth-order valence-electron chi connectivity index (χ4n) is 2.92. The summed E-state index contributed by atoms with van der Waals surface area (Å²) in [4.78, 5) is 6.90. The van der Waals surface area contributed by atoms with Crippen molar-refractivity contribution in [3.63, 3.8) is 0 Å². The molecule has 2 aliphatic rings. The van der Waals surface area contributed by atoms with Gasteiger partial charge in [0.15, 0.2) is 0 Å². The number of hydrogen-bond donors (Lipinski definition) is 1. The molecule has 0 atom stereocenters. The lowest BCUT2D eigenvalue weighted by Gasteiger charge is -2.18. The van der Waals surface area contributed by atoms with E-state index in [1.807, 2.05) is 0 Å². The number of nitrogens with zero attached hydrogens (tertiary/aromatic N) is 2. The Morgan fingerprint density at radius 1 is 1.24 bits per heavy atom. The molecule has 1 fully saturated rings. The van der Waals surface area contributed by atoms with Crippen molar-refractivity contribution in [2.24, 2.45) is 0 Å². The maximum absolute atomic E-state index is 5.70. The molecule has 1 aromatic heterocycles. The summed E-state index contributed by atoms with van der Waals surface area (Å²) >= 11 is 0. The van der Waals surface area contributed by atoms with Crippen molar-refractivity contribution in [3.05, 3.63) is 47.3 Å². The molecule has 1 saturated carbocycles. The van der Waals surface area contributed by atoms with Gasteiger partial charge in [0.2, 0.25) is 0 Å². The minimum atomic E-state index is 0.704. The molecule has 4 nitrogen and oxygen atoms in total. The Labute approximate surface area is 125 Å². The predicted octanol–water partition coefficient (Wildman–Crippen LogP) is 2.88. The van der Waals surface area contributed by atoms with Crippen LogP contribution >= 0.6 is 0 Å². The van der Waals surface area contributed by atoms with Crippen LogP contribution in [0.4, 0.5) is 6.01 Å². The first-order chi connectivity index (χ1) is 10.4. The fourth-order valence-corrected chi connectivity index (χ4v) is 2.92. The zero-order chi connectivity index (χ0) is 14.1. The Morgan fingerprint density at radius 3 is 2.95 bits per heavy atom. The van der Waals surface area contributed by atoms with Crippen molar-refractivity contribution in [2.45, 2.75) is 44.8 Å². The highest BCUT2D eigenvalue weighted by atomic mass is 16.4. The van der Waals surface area contributed by atoms with Gasteiger partial charge >= 0.3 is 0 Å². The smallest absolute Gasteiger partial charge is 0.297 e. The minimum Gasteiger partial charge on any atom is -0.432 e. The Morgan fingerprint density at radius 2 is 2.10 bits per heavy atom. The molecule has 0 amide bonds. The van der Waals surface area contributed by atoms with Crippen LogP contribution in [0.5, 0.6) is 0 Å². The molecule has 1 aliphatic heterocycles. The van der Waals surface area contributed by atoms with Gasteiger partial charge in [-0.15, -0.1) is 0 Å². The standard InChI is InChI=1S/C17H21N3O/c1-2-5-14-11-20(9-3-6-13(14)4-1)17-19-16(12-21-17)10-18-15-7-8-15/h1-2,4-5,12,15,18H,3,6-11H2. The summed E-state index contributed by atoms with van der Waals surface area (Å²) in [7, 11) is 0. The fraction of sp³-hybridized carbons (Fsp3) is 0.471. The van der Waals surface area contributed by atoms with E-state index in [9.17, 15) is 0 Å². The number of benzene rings is 1. The van der Waals surface area contributed by atoms with Crippen LogP contribution in [-0.2, 0) is 19.5 Å². The lowest BCUT2D eigenvalue weighted by atomic mass is 10.0. The Hall–Kier alpha value is -1.81. The van der Waals surface area contributed by atoms with Crippen molar-refractivity contribution >= 4 is 6.01 Å². The van der Waals surface area contributed by atoms with Crippen molar-refractivity contribution in [3.8, 4) is 0 Å². The monoisotopic (exact) mass is 283 g/mol. The van der Waals surface area contributed by atoms with Crippen LogP contribution in [0.2, 0.25) is 0 Å². The molecule has 110 valence electrons. The zero-order valence-corrected chi connectivity index (χ0v) is 12.2. The summed E-state index contributed by atoms with van der Waals surface area (Å²) in [5.74, 6) is 0. The highest BCUT2D eigenvalue weighted by Gasteiger charge is 2.22. The third kappa shape index (κ3) is 2.95. The number of aryl methyl sites for hydroxylation is 1. The maximum atomic E-state index is 5.70. The van der Waals surface area contributed by atoms with Gasteiger partial charge in [-0.1, -0.05) is 24.3 Å². The molecule has 1 N–H and O–H groups in total. The van der Waals surface area contributed by atoms with Crippen LogP contribution in [-0.4, -0.2) is 17.6 Å². The SMILES string of the molecule is c1ccc2c(c1)CCCN(c1nc(CNC3CC3)co1)C2. The molecule has 1 aliphatic carbocycles. The van der Waals surface area contributed by atoms with Gasteiger partial charge in [0.1, 0.15) is 6.26 Å². The number of fused-ring (bicyclic) bond motifs is 1. The molecule has 21 heavy (non-hydrogen) atoms. The number of aromatic nitrogens is 1. The number of nitrogens with one attached hydrogen (secondary N) is 1. The summed E-state index contributed by atoms with van der Waals surface area (Å²) in [6.45, 7) is 2.72. The average Bonchev–Trinajstić information content (AvgIpc) is 3.26. The maximum Gasteiger partial charge on any atom is 0.297 e. The molecule has 1 aromatic carbocycles. The van der Waals surface area contributed by atoms with E-state index in [-0.39, 0.29) is 0 Å². The average molecular weight is 283 g/mol. The van der Waals surface area contributed by atoms with Gasteiger partial charge in [0.25, 0.3) is 6.01 Å². The van der Waals surface area contributed by atoms with Gasteiger partial charge in [-0.3, -0.25) is 0 Å². The highest BCUT2D eigenvalue weighted by Crippen LogP contribution is 2.24. The van der Waals surface area contributed by atoms with Gasteiger partial charge in [-0.2, -0.15) is 4.98 Å². The van der Waals surface area contributed by atoms with E-state index in [0.717, 1.165) is 44.2 Å². The van der Waals surface area contributed by atoms with Crippen LogP contribution in [0.1, 0.15) is 36.1 Å². The Kier molecular flexibility index (Phi) is 3.39. The van der Waals surface area contributed by atoms with Crippen molar-refractivity contribution < 1.29 is 4.42 Å². The molecular formula is C17H21N3O. The lowest BCUT2D eigenvalue weighted by molar-refractivity contribution is 0.529. The van der Waals surface area contributed by atoms with Crippen LogP contribution < -0.4 is 10.2 Å². The van der Waals surface area contributed by atoms with Crippen molar-refractivity contribution in [2.75, 3.05) is 11.4 Å². The molecular weight excluding hydrogens is 262 g/mol. The second-order valence-electron chi connectivity index (χ2n) is 6.07. The van der Waals surface area contributed by atoms with E-state index in [0.29, 0.717) is 6.04 Å². The van der Waals surface area contributed by atoms with E-state index in [1.165, 1.54) is 24.0 Å². The van der Waals surface area contributed by atoms with Crippen molar-refractivity contribution in [1.29, 1.82) is 0 Å². The minimum absolute atomic E-state index is 0.704. The molecule has 2 heterocycles. The first-order valence-corrected chi connectivity index (χ1v) is 7.88. The summed E-state index contributed by atoms with van der Waals surface area (Å²) in [6.07, 6.45) is 6.68. The van der Waals surface area contributed by atoms with Gasteiger partial charge < -0.3 is 14.6 Å². The lowest BCUT2D eigenvalue weighted by Crippen LogP contribution is -2.23. The molecule has 4 heteroatoms. The third-order valence-corrected chi connectivity index (χ3v) is 4.31. The van der Waals surface area contributed by atoms with Crippen LogP contribution in [0.25, 0.3) is 0 Å². The summed E-state index contributed by atoms with van der Waals surface area (Å²) < 4.78 is 5.70. The largest absolute Gasteiger partial charge is 0.432 e. The number of hydrogen-bond acceptors (Lipinski definition) is 4. The number of rotatable bonds is 4. The second-order valence-corrected chi connectivity index (χ2v) is 6.07. The number of oxazole rings is 1. The topological polar surface area (TPSA) is 41.3 Å². The number of anilines is 1. The second kappa shape index (κ2) is 5.53. The van der Waals surface area contributed by atoms with Crippen LogP contribution in [0, 0.1) is 0 Å². The molecule has 2 aromatic rings. The predicted molar refractivity (Wildman–Crippen MR) is 82.2 cm³/mol. The first kappa shape index (κ1) is 12.9. The van der Waals surface area contributed by atoms with Crippen molar-refractivity contribution in [1.82, 2.24) is 10.3 Å². The van der Waals surface area contributed by atoms with E-state index >= 15 is 0 Å². The van der Waals surface area contributed by atoms with Gasteiger partial charge in [-0.25, -0.2) is 0 Å². The molecule has 0 bridgehead atoms. The quantitative estimate of drug-likeness (QED) is 0.937. The Balaban J connectivity index is 1.47. The molecule has 4 rings (SSSR count). The Bertz CT molecular complexity index is 618. The van der Waals surface area contributed by atoms with E-state index < -0.39 is 0 Å². The van der Waals surface area contributed by atoms with E-state index in [2.05, 4.69) is 39.5 Å². The van der Waals surface area contributed by atoms with Crippen LogP contribution in [0.15, 0.2) is 34.9 Å². The molecule has 0 spiro atoms. The summed E-state index contributed by atoms with van der Waals surface area (Å²) in [6, 6.07) is 10.2. The van der Waals surface area contributed by atoms with E-state index in [1.54, 1.807) is 6.26 Å². The van der Waals surface area contributed by atoms with Gasteiger partial charge in [0.05, 0.1) is 5.69 Å². The van der Waals surface area contributed by atoms with Crippen LogP contribution in [0.3, 0.4) is 0 Å². The highest BCUT2D eigenvalue weighted by molar-refractivity contribution is 5.36. The molecule has 0 saturated heterocycles. The summed E-state index contributed by atoms with van der Waals surface area (Å²) in [5, 5.41) is 3.48. The summed E-state index contributed by atoms with van der Waals surface area (Å²) in [5.41, 5.74) is 3.86. The molecule has 0 radical (unpaired) electrons. The van der Waals surface area contributed by atoms with E-state index in [4.69, 9.17) is 4.42 Å².